The Bertz CT molecular complexity index is 1060. The van der Waals surface area contributed by atoms with Crippen molar-refractivity contribution in [2.45, 2.75) is 57.3 Å². The highest BCUT2D eigenvalue weighted by Gasteiger charge is 2.43. The lowest BCUT2D eigenvalue weighted by Gasteiger charge is -2.34. The molecule has 2 aliphatic carbocycles. The van der Waals surface area contributed by atoms with Crippen molar-refractivity contribution in [1.82, 2.24) is 0 Å². The third kappa shape index (κ3) is 2.40. The lowest BCUT2D eigenvalue weighted by Crippen LogP contribution is -2.26. The number of phenolic OH excluding ortho intramolecular Hbond substituents is 1. The van der Waals surface area contributed by atoms with Crippen molar-refractivity contribution in [1.29, 1.82) is 0 Å². The Morgan fingerprint density at radius 3 is 2.32 bits per heavy atom. The minimum Gasteiger partial charge on any atom is -0.507 e. The van der Waals surface area contributed by atoms with E-state index >= 15 is 0 Å². The van der Waals surface area contributed by atoms with Gasteiger partial charge in [-0.05, 0) is 71.2 Å². The summed E-state index contributed by atoms with van der Waals surface area (Å²) in [6, 6.07) is 15.2. The van der Waals surface area contributed by atoms with Gasteiger partial charge in [-0.3, -0.25) is 0 Å². The van der Waals surface area contributed by atoms with Crippen LogP contribution in [0.3, 0.4) is 0 Å². The standard InChI is InChI=1S/C26H28O2/c1-17-14-20-19(15-24(17)28-2)23(27)16-22-25(20)18-10-6-7-11-21(18)26(22)12-8-4-3-5-9-13-26/h6-7,10-11,14-16,27H,3-5,8-9,12-13H2,1-2H3. The Kier molecular flexibility index (Phi) is 4.12. The molecule has 0 aliphatic heterocycles. The molecule has 0 saturated heterocycles. The molecular weight excluding hydrogens is 344 g/mol. The SMILES string of the molecule is COc1cc2c(O)cc3c(c2cc1C)-c1ccccc1C31CCCCCCC1. The van der Waals surface area contributed by atoms with E-state index in [1.54, 1.807) is 7.11 Å². The summed E-state index contributed by atoms with van der Waals surface area (Å²) in [5.74, 6) is 1.20. The number of hydrogen-bond donors (Lipinski definition) is 1. The molecule has 1 fully saturated rings. The Balaban J connectivity index is 1.86. The van der Waals surface area contributed by atoms with Crippen LogP contribution in [0, 0.1) is 6.92 Å². The second kappa shape index (κ2) is 6.55. The van der Waals surface area contributed by atoms with E-state index in [0.717, 1.165) is 22.1 Å². The smallest absolute Gasteiger partial charge is 0.123 e. The highest BCUT2D eigenvalue weighted by Crippen LogP contribution is 2.58. The van der Waals surface area contributed by atoms with Crippen molar-refractivity contribution < 1.29 is 9.84 Å². The zero-order valence-corrected chi connectivity index (χ0v) is 16.8. The van der Waals surface area contributed by atoms with Crippen LogP contribution in [0.5, 0.6) is 11.5 Å². The topological polar surface area (TPSA) is 29.5 Å². The first-order valence-electron chi connectivity index (χ1n) is 10.6. The van der Waals surface area contributed by atoms with Crippen molar-refractivity contribution in [2.24, 2.45) is 0 Å². The third-order valence-corrected chi connectivity index (χ3v) is 7.07. The van der Waals surface area contributed by atoms with E-state index in [0.29, 0.717) is 5.75 Å². The van der Waals surface area contributed by atoms with Gasteiger partial charge in [-0.15, -0.1) is 0 Å². The first-order chi connectivity index (χ1) is 13.7. The van der Waals surface area contributed by atoms with E-state index in [9.17, 15) is 5.11 Å². The number of aromatic hydroxyl groups is 1. The molecule has 2 heteroatoms. The summed E-state index contributed by atoms with van der Waals surface area (Å²) in [5, 5.41) is 13.0. The lowest BCUT2D eigenvalue weighted by atomic mass is 9.69. The molecule has 2 aliphatic rings. The van der Waals surface area contributed by atoms with Crippen molar-refractivity contribution in [2.75, 3.05) is 7.11 Å². The molecule has 0 bridgehead atoms. The fourth-order valence-electron chi connectivity index (χ4n) is 5.74. The van der Waals surface area contributed by atoms with Gasteiger partial charge in [0, 0.05) is 10.8 Å². The van der Waals surface area contributed by atoms with E-state index in [-0.39, 0.29) is 5.41 Å². The molecule has 0 heterocycles. The Labute approximate surface area is 167 Å². The molecule has 3 aromatic carbocycles. The molecule has 5 rings (SSSR count). The minimum absolute atomic E-state index is 0.0475. The Morgan fingerprint density at radius 1 is 0.857 bits per heavy atom. The summed E-state index contributed by atoms with van der Waals surface area (Å²) < 4.78 is 5.53. The summed E-state index contributed by atoms with van der Waals surface area (Å²) in [6.45, 7) is 2.08. The number of methoxy groups -OCH3 is 1. The highest BCUT2D eigenvalue weighted by molar-refractivity contribution is 6.06. The summed E-state index contributed by atoms with van der Waals surface area (Å²) in [6.07, 6.45) is 8.85. The van der Waals surface area contributed by atoms with Crippen molar-refractivity contribution in [3.63, 3.8) is 0 Å². The molecule has 0 amide bonds. The van der Waals surface area contributed by atoms with E-state index in [2.05, 4.69) is 43.3 Å². The molecule has 0 unspecified atom stereocenters. The quantitative estimate of drug-likeness (QED) is 0.505. The van der Waals surface area contributed by atoms with Gasteiger partial charge in [-0.25, -0.2) is 0 Å². The van der Waals surface area contributed by atoms with Gasteiger partial charge < -0.3 is 9.84 Å². The average molecular weight is 373 g/mol. The van der Waals surface area contributed by atoms with E-state index in [4.69, 9.17) is 4.74 Å². The van der Waals surface area contributed by atoms with Gasteiger partial charge in [-0.1, -0.05) is 56.4 Å². The molecule has 28 heavy (non-hydrogen) atoms. The first kappa shape index (κ1) is 17.6. The predicted molar refractivity (Wildman–Crippen MR) is 115 cm³/mol. The van der Waals surface area contributed by atoms with Crippen LogP contribution in [0.1, 0.15) is 61.6 Å². The molecular formula is C26H28O2. The second-order valence-corrected chi connectivity index (χ2v) is 8.58. The summed E-state index contributed by atoms with van der Waals surface area (Å²) >= 11 is 0. The number of benzene rings is 3. The van der Waals surface area contributed by atoms with Crippen LogP contribution >= 0.6 is 0 Å². The van der Waals surface area contributed by atoms with Gasteiger partial charge >= 0.3 is 0 Å². The van der Waals surface area contributed by atoms with Crippen LogP contribution in [0.15, 0.2) is 42.5 Å². The van der Waals surface area contributed by atoms with Crippen molar-refractivity contribution >= 4 is 10.8 Å². The lowest BCUT2D eigenvalue weighted by molar-refractivity contribution is 0.372. The third-order valence-electron chi connectivity index (χ3n) is 7.07. The van der Waals surface area contributed by atoms with Crippen LogP contribution in [-0.2, 0) is 5.41 Å². The molecule has 1 spiro atoms. The number of phenols is 1. The normalized spacial score (nSPS) is 17.8. The minimum atomic E-state index is 0.0475. The zero-order chi connectivity index (χ0) is 19.3. The highest BCUT2D eigenvalue weighted by atomic mass is 16.5. The second-order valence-electron chi connectivity index (χ2n) is 8.58. The maximum atomic E-state index is 11.0. The largest absolute Gasteiger partial charge is 0.507 e. The van der Waals surface area contributed by atoms with E-state index in [1.165, 1.54) is 67.2 Å². The number of aryl methyl sites for hydroxylation is 1. The average Bonchev–Trinajstić information content (AvgIpc) is 2.95. The summed E-state index contributed by atoms with van der Waals surface area (Å²) in [4.78, 5) is 0. The zero-order valence-electron chi connectivity index (χ0n) is 16.8. The first-order valence-corrected chi connectivity index (χ1v) is 10.6. The fourth-order valence-corrected chi connectivity index (χ4v) is 5.74. The molecule has 0 aromatic heterocycles. The summed E-state index contributed by atoms with van der Waals surface area (Å²) in [5.41, 5.74) is 6.64. The van der Waals surface area contributed by atoms with Gasteiger partial charge in [0.05, 0.1) is 7.11 Å². The van der Waals surface area contributed by atoms with Crippen LogP contribution in [0.4, 0.5) is 0 Å². The van der Waals surface area contributed by atoms with Gasteiger partial charge in [0.25, 0.3) is 0 Å². The number of rotatable bonds is 1. The number of ether oxygens (including phenoxy) is 1. The van der Waals surface area contributed by atoms with Crippen LogP contribution in [-0.4, -0.2) is 12.2 Å². The van der Waals surface area contributed by atoms with Crippen LogP contribution in [0.2, 0.25) is 0 Å². The Hall–Kier alpha value is -2.48. The van der Waals surface area contributed by atoms with Gasteiger partial charge in [0.15, 0.2) is 0 Å². The molecule has 0 atom stereocenters. The summed E-state index contributed by atoms with van der Waals surface area (Å²) in [7, 11) is 1.69. The van der Waals surface area contributed by atoms with Crippen molar-refractivity contribution in [3.05, 3.63) is 59.2 Å². The van der Waals surface area contributed by atoms with E-state index < -0.39 is 0 Å². The molecule has 1 saturated carbocycles. The molecule has 2 nitrogen and oxygen atoms in total. The van der Waals surface area contributed by atoms with Crippen LogP contribution < -0.4 is 4.74 Å². The molecule has 1 N–H and O–H groups in total. The van der Waals surface area contributed by atoms with Gasteiger partial charge in [-0.2, -0.15) is 0 Å². The molecule has 3 aromatic rings. The monoisotopic (exact) mass is 372 g/mol. The maximum Gasteiger partial charge on any atom is 0.123 e. The van der Waals surface area contributed by atoms with E-state index in [1.807, 2.05) is 6.07 Å². The van der Waals surface area contributed by atoms with Gasteiger partial charge in [0.1, 0.15) is 11.5 Å². The van der Waals surface area contributed by atoms with Crippen LogP contribution in [0.25, 0.3) is 21.9 Å². The molecule has 0 radical (unpaired) electrons. The Morgan fingerprint density at radius 2 is 1.57 bits per heavy atom. The molecule has 144 valence electrons. The fraction of sp³-hybridized carbons (Fsp3) is 0.385. The van der Waals surface area contributed by atoms with Gasteiger partial charge in [0.2, 0.25) is 0 Å². The maximum absolute atomic E-state index is 11.0. The van der Waals surface area contributed by atoms with Crippen molar-refractivity contribution in [3.8, 4) is 22.6 Å². The number of hydrogen-bond acceptors (Lipinski definition) is 2. The predicted octanol–water partition coefficient (Wildman–Crippen LogP) is 6.87. The number of fused-ring (bicyclic) bond motifs is 7.